The molecular formula is C36H24O. The highest BCUT2D eigenvalue weighted by Crippen LogP contribution is 2.56. The minimum atomic E-state index is -0.231. The highest BCUT2D eigenvalue weighted by Gasteiger charge is 2.46. The summed E-state index contributed by atoms with van der Waals surface area (Å²) in [6.45, 7) is 2.24. The fourth-order valence-electron chi connectivity index (χ4n) is 7.93. The van der Waals surface area contributed by atoms with Gasteiger partial charge in [0.15, 0.2) is 5.78 Å². The number of carbonyl (C=O) groups is 1. The van der Waals surface area contributed by atoms with Gasteiger partial charge in [0, 0.05) is 0 Å². The Morgan fingerprint density at radius 1 is 0.541 bits per heavy atom. The van der Waals surface area contributed by atoms with Crippen molar-refractivity contribution < 1.29 is 4.79 Å². The monoisotopic (exact) mass is 472 g/mol. The number of rotatable bonds is 0. The van der Waals surface area contributed by atoms with Gasteiger partial charge in [-0.3, -0.25) is 4.79 Å². The summed E-state index contributed by atoms with van der Waals surface area (Å²) < 4.78 is 0. The number of Topliss-reactive ketones (excluding diaryl/α,β-unsaturated/α-hetero) is 1. The van der Waals surface area contributed by atoms with Crippen molar-refractivity contribution in [1.29, 1.82) is 0 Å². The second-order valence-corrected chi connectivity index (χ2v) is 11.2. The number of hydrogen-bond donors (Lipinski definition) is 0. The van der Waals surface area contributed by atoms with Gasteiger partial charge in [-0.15, -0.1) is 0 Å². The summed E-state index contributed by atoms with van der Waals surface area (Å²) in [4.78, 5) is 15.1. The number of fused-ring (bicyclic) bond motifs is 8. The van der Waals surface area contributed by atoms with Crippen LogP contribution in [0.1, 0.15) is 61.9 Å². The van der Waals surface area contributed by atoms with Crippen LogP contribution in [0.4, 0.5) is 0 Å². The average Bonchev–Trinajstić information content (AvgIpc) is 2.93. The van der Waals surface area contributed by atoms with Crippen molar-refractivity contribution in [3.05, 3.63) is 141 Å². The first-order chi connectivity index (χ1) is 18.2. The van der Waals surface area contributed by atoms with Crippen molar-refractivity contribution >= 4 is 38.1 Å². The largest absolute Gasteiger partial charge is 0.298 e. The summed E-state index contributed by atoms with van der Waals surface area (Å²) in [5.41, 5.74) is 11.6. The Balaban J connectivity index is 1.48. The molecule has 0 amide bonds. The molecule has 174 valence electrons. The van der Waals surface area contributed by atoms with E-state index < -0.39 is 0 Å². The molecule has 9 rings (SSSR count). The molecule has 0 spiro atoms. The van der Waals surface area contributed by atoms with Crippen LogP contribution in [0.25, 0.3) is 32.3 Å². The van der Waals surface area contributed by atoms with Crippen LogP contribution >= 0.6 is 0 Å². The van der Waals surface area contributed by atoms with Crippen molar-refractivity contribution in [1.82, 2.24) is 0 Å². The van der Waals surface area contributed by atoms with Gasteiger partial charge in [-0.1, -0.05) is 91.0 Å². The van der Waals surface area contributed by atoms with E-state index in [1.165, 1.54) is 82.4 Å². The number of carbonyl (C=O) groups excluding carboxylic acids is 1. The van der Waals surface area contributed by atoms with Crippen LogP contribution in [0.15, 0.2) is 91.0 Å². The van der Waals surface area contributed by atoms with Gasteiger partial charge >= 0.3 is 0 Å². The first-order valence-corrected chi connectivity index (χ1v) is 13.3. The SMILES string of the molecule is Cc1cc2c3c4c5c(ccc14)Cc1ccc4ccccc4c1C5C(=O)C3c1c(ccc3ccccc13)C2. The molecule has 6 aromatic rings. The standard InChI is InChI=1S/C36H24O/c1-19-16-25-18-23-13-11-21-7-3-5-9-28(21)30(23)35-32(25)33-26(19)15-14-24-17-22-12-10-20-6-2-4-8-27(20)29(22)34(31(24)33)36(35)37/h2-16,34-35H,17-18H2,1H3. The predicted molar refractivity (Wildman–Crippen MR) is 151 cm³/mol. The molecule has 0 aromatic heterocycles. The molecule has 2 atom stereocenters. The number of benzene rings is 6. The van der Waals surface area contributed by atoms with Gasteiger partial charge in [-0.25, -0.2) is 0 Å². The summed E-state index contributed by atoms with van der Waals surface area (Å²) >= 11 is 0. The van der Waals surface area contributed by atoms with Gasteiger partial charge in [0.05, 0.1) is 11.8 Å². The lowest BCUT2D eigenvalue weighted by Crippen LogP contribution is -2.34. The Kier molecular flexibility index (Phi) is 3.63. The maximum Gasteiger partial charge on any atom is 0.156 e. The predicted octanol–water partition coefficient (Wildman–Crippen LogP) is 8.11. The van der Waals surface area contributed by atoms with Crippen LogP contribution < -0.4 is 0 Å². The highest BCUT2D eigenvalue weighted by molar-refractivity contribution is 6.14. The van der Waals surface area contributed by atoms with Crippen LogP contribution in [0.3, 0.4) is 0 Å². The molecule has 0 fully saturated rings. The van der Waals surface area contributed by atoms with E-state index in [-0.39, 0.29) is 11.8 Å². The Hall–Kier alpha value is -4.23. The second kappa shape index (κ2) is 6.75. The zero-order valence-corrected chi connectivity index (χ0v) is 20.6. The fourth-order valence-corrected chi connectivity index (χ4v) is 7.93. The lowest BCUT2D eigenvalue weighted by atomic mass is 9.60. The molecule has 3 aliphatic carbocycles. The molecular weight excluding hydrogens is 448 g/mol. The maximum absolute atomic E-state index is 15.1. The van der Waals surface area contributed by atoms with Crippen molar-refractivity contribution in [3.8, 4) is 0 Å². The van der Waals surface area contributed by atoms with Crippen LogP contribution in [0.5, 0.6) is 0 Å². The van der Waals surface area contributed by atoms with Crippen molar-refractivity contribution in [3.63, 3.8) is 0 Å². The highest BCUT2D eigenvalue weighted by atomic mass is 16.1. The smallest absolute Gasteiger partial charge is 0.156 e. The normalized spacial score (nSPS) is 18.8. The van der Waals surface area contributed by atoms with Crippen LogP contribution in [-0.4, -0.2) is 5.78 Å². The minimum absolute atomic E-state index is 0.231. The summed E-state index contributed by atoms with van der Waals surface area (Å²) in [5, 5.41) is 7.56. The molecule has 0 N–H and O–H groups in total. The molecule has 0 saturated carbocycles. The van der Waals surface area contributed by atoms with Gasteiger partial charge in [0.25, 0.3) is 0 Å². The van der Waals surface area contributed by atoms with E-state index in [1.807, 2.05) is 0 Å². The lowest BCUT2D eigenvalue weighted by Gasteiger charge is -2.41. The zero-order chi connectivity index (χ0) is 24.4. The van der Waals surface area contributed by atoms with Gasteiger partial charge in [-0.2, -0.15) is 0 Å². The summed E-state index contributed by atoms with van der Waals surface area (Å²) in [6, 6.07) is 33.2. The van der Waals surface area contributed by atoms with Crippen LogP contribution in [-0.2, 0) is 17.6 Å². The molecule has 0 bridgehead atoms. The maximum atomic E-state index is 15.1. The topological polar surface area (TPSA) is 17.1 Å². The van der Waals surface area contributed by atoms with Gasteiger partial charge < -0.3 is 0 Å². The van der Waals surface area contributed by atoms with Gasteiger partial charge in [-0.05, 0) is 102 Å². The van der Waals surface area contributed by atoms with E-state index in [0.717, 1.165) is 12.8 Å². The molecule has 0 radical (unpaired) electrons. The Labute approximate surface area is 215 Å². The molecule has 2 unspecified atom stereocenters. The van der Waals surface area contributed by atoms with Gasteiger partial charge in [0.2, 0.25) is 0 Å². The molecule has 0 saturated heterocycles. The summed E-state index contributed by atoms with van der Waals surface area (Å²) in [7, 11) is 0. The van der Waals surface area contributed by atoms with E-state index in [1.54, 1.807) is 0 Å². The molecule has 0 heterocycles. The van der Waals surface area contributed by atoms with E-state index in [2.05, 4.69) is 97.9 Å². The van der Waals surface area contributed by atoms with E-state index >= 15 is 4.79 Å². The van der Waals surface area contributed by atoms with Crippen molar-refractivity contribution in [2.45, 2.75) is 31.6 Å². The lowest BCUT2D eigenvalue weighted by molar-refractivity contribution is -0.120. The zero-order valence-electron chi connectivity index (χ0n) is 20.6. The van der Waals surface area contributed by atoms with E-state index in [9.17, 15) is 0 Å². The molecule has 6 aromatic carbocycles. The quantitative estimate of drug-likeness (QED) is 0.218. The Morgan fingerprint density at radius 2 is 1.05 bits per heavy atom. The second-order valence-electron chi connectivity index (χ2n) is 11.2. The van der Waals surface area contributed by atoms with E-state index in [0.29, 0.717) is 5.78 Å². The first-order valence-electron chi connectivity index (χ1n) is 13.3. The first kappa shape index (κ1) is 19.9. The van der Waals surface area contributed by atoms with Crippen LogP contribution in [0, 0.1) is 6.92 Å². The summed E-state index contributed by atoms with van der Waals surface area (Å²) in [6.07, 6.45) is 1.78. The number of aryl methyl sites for hydroxylation is 1. The summed E-state index contributed by atoms with van der Waals surface area (Å²) in [5.74, 6) is -0.114. The van der Waals surface area contributed by atoms with Crippen LogP contribution in [0.2, 0.25) is 0 Å². The molecule has 1 heteroatoms. The molecule has 37 heavy (non-hydrogen) atoms. The van der Waals surface area contributed by atoms with Crippen molar-refractivity contribution in [2.75, 3.05) is 0 Å². The molecule has 0 aliphatic heterocycles. The van der Waals surface area contributed by atoms with Crippen molar-refractivity contribution in [2.24, 2.45) is 0 Å². The fraction of sp³-hybridized carbons (Fsp3) is 0.139. The average molecular weight is 473 g/mol. The van der Waals surface area contributed by atoms with Gasteiger partial charge in [0.1, 0.15) is 0 Å². The van der Waals surface area contributed by atoms with E-state index in [4.69, 9.17) is 0 Å². The third-order valence-electron chi connectivity index (χ3n) is 9.37. The minimum Gasteiger partial charge on any atom is -0.298 e. The number of hydrogen-bond acceptors (Lipinski definition) is 1. The number of ketones is 1. The molecule has 3 aliphatic rings. The molecule has 1 nitrogen and oxygen atoms in total. The Morgan fingerprint density at radius 3 is 1.70 bits per heavy atom. The third-order valence-corrected chi connectivity index (χ3v) is 9.37. The Bertz CT molecular complexity index is 1960. The third kappa shape index (κ3) is 2.38.